The Morgan fingerprint density at radius 2 is 1.91 bits per heavy atom. The first-order chi connectivity index (χ1) is 10.6. The SMILES string of the molecule is CN(CCO)S(=O)(=O)c1ccccc1CNC(=O)OC(C)(C)C. The maximum atomic E-state index is 12.5. The largest absolute Gasteiger partial charge is 0.444 e. The molecule has 1 aromatic carbocycles. The summed E-state index contributed by atoms with van der Waals surface area (Å²) in [6.07, 6.45) is -0.617. The van der Waals surface area contributed by atoms with Crippen molar-refractivity contribution in [1.82, 2.24) is 9.62 Å². The zero-order valence-corrected chi connectivity index (χ0v) is 14.7. The third kappa shape index (κ3) is 5.81. The van der Waals surface area contributed by atoms with Crippen LogP contribution in [-0.4, -0.2) is 49.7 Å². The summed E-state index contributed by atoms with van der Waals surface area (Å²) >= 11 is 0. The Bertz CT molecular complexity index is 638. The van der Waals surface area contributed by atoms with E-state index in [9.17, 15) is 13.2 Å². The molecule has 1 aromatic rings. The Balaban J connectivity index is 2.92. The number of benzene rings is 1. The van der Waals surface area contributed by atoms with Crippen LogP contribution in [0.1, 0.15) is 26.3 Å². The molecule has 1 rings (SSSR count). The molecule has 0 atom stereocenters. The highest BCUT2D eigenvalue weighted by Gasteiger charge is 2.23. The van der Waals surface area contributed by atoms with Gasteiger partial charge in [0.1, 0.15) is 5.60 Å². The lowest BCUT2D eigenvalue weighted by atomic mass is 10.2. The second-order valence-electron chi connectivity index (χ2n) is 6.01. The number of hydrogen-bond acceptors (Lipinski definition) is 5. The number of nitrogens with zero attached hydrogens (tertiary/aromatic N) is 1. The highest BCUT2D eigenvalue weighted by atomic mass is 32.2. The van der Waals surface area contributed by atoms with Crippen molar-refractivity contribution in [2.45, 2.75) is 37.8 Å². The molecule has 0 aliphatic carbocycles. The summed E-state index contributed by atoms with van der Waals surface area (Å²) in [6.45, 7) is 4.99. The summed E-state index contributed by atoms with van der Waals surface area (Å²) in [7, 11) is -2.34. The Morgan fingerprint density at radius 3 is 2.48 bits per heavy atom. The van der Waals surface area contributed by atoms with E-state index in [1.807, 2.05) is 0 Å². The van der Waals surface area contributed by atoms with Gasteiger partial charge in [0.2, 0.25) is 10.0 Å². The average Bonchev–Trinajstić information content (AvgIpc) is 2.44. The van der Waals surface area contributed by atoms with Crippen molar-refractivity contribution in [2.24, 2.45) is 0 Å². The molecule has 0 saturated carbocycles. The zero-order chi connectivity index (χ0) is 17.7. The van der Waals surface area contributed by atoms with Crippen molar-refractivity contribution in [3.05, 3.63) is 29.8 Å². The van der Waals surface area contributed by atoms with Crippen LogP contribution >= 0.6 is 0 Å². The van der Waals surface area contributed by atoms with Crippen molar-refractivity contribution in [1.29, 1.82) is 0 Å². The number of ether oxygens (including phenoxy) is 1. The van der Waals surface area contributed by atoms with E-state index in [4.69, 9.17) is 9.84 Å². The number of aliphatic hydroxyl groups excluding tert-OH is 1. The number of nitrogens with one attached hydrogen (secondary N) is 1. The first-order valence-corrected chi connectivity index (χ1v) is 8.64. The highest BCUT2D eigenvalue weighted by molar-refractivity contribution is 7.89. The van der Waals surface area contributed by atoms with Crippen LogP contribution < -0.4 is 5.32 Å². The molecule has 7 nitrogen and oxygen atoms in total. The molecule has 8 heteroatoms. The molecule has 0 heterocycles. The molecule has 130 valence electrons. The molecular weight excluding hydrogens is 320 g/mol. The van der Waals surface area contributed by atoms with E-state index >= 15 is 0 Å². The number of hydrogen-bond donors (Lipinski definition) is 2. The summed E-state index contributed by atoms with van der Waals surface area (Å²) in [4.78, 5) is 11.8. The van der Waals surface area contributed by atoms with Gasteiger partial charge in [0.05, 0.1) is 11.5 Å². The second-order valence-corrected chi connectivity index (χ2v) is 8.03. The molecule has 0 bridgehead atoms. The fourth-order valence-corrected chi connectivity index (χ4v) is 3.19. The molecule has 1 amide bonds. The van der Waals surface area contributed by atoms with E-state index in [0.717, 1.165) is 4.31 Å². The van der Waals surface area contributed by atoms with Gasteiger partial charge in [0, 0.05) is 20.1 Å². The predicted octanol–water partition coefficient (Wildman–Crippen LogP) is 1.32. The molecular formula is C15H24N2O5S. The predicted molar refractivity (Wildman–Crippen MR) is 86.4 cm³/mol. The van der Waals surface area contributed by atoms with E-state index in [1.165, 1.54) is 13.1 Å². The Morgan fingerprint density at radius 1 is 1.30 bits per heavy atom. The third-order valence-corrected chi connectivity index (χ3v) is 4.86. The molecule has 2 N–H and O–H groups in total. The zero-order valence-electron chi connectivity index (χ0n) is 13.9. The molecule has 0 fully saturated rings. The van der Waals surface area contributed by atoms with Crippen LogP contribution in [0.15, 0.2) is 29.2 Å². The van der Waals surface area contributed by atoms with Crippen molar-refractivity contribution in [3.8, 4) is 0 Å². The minimum atomic E-state index is -3.73. The Kier molecular flexibility index (Phi) is 6.55. The fourth-order valence-electron chi connectivity index (χ4n) is 1.81. The Labute approximate surface area is 137 Å². The summed E-state index contributed by atoms with van der Waals surface area (Å²) in [5.41, 5.74) is -0.181. The minimum absolute atomic E-state index is 0.00381. The number of carbonyl (C=O) groups is 1. The van der Waals surface area contributed by atoms with E-state index in [2.05, 4.69) is 5.32 Å². The van der Waals surface area contributed by atoms with E-state index in [0.29, 0.717) is 5.56 Å². The van der Waals surface area contributed by atoms with Gasteiger partial charge in [-0.1, -0.05) is 18.2 Å². The van der Waals surface area contributed by atoms with Gasteiger partial charge in [-0.25, -0.2) is 13.2 Å². The highest BCUT2D eigenvalue weighted by Crippen LogP contribution is 2.19. The molecule has 0 spiro atoms. The quantitative estimate of drug-likeness (QED) is 0.811. The van der Waals surface area contributed by atoms with Crippen molar-refractivity contribution >= 4 is 16.1 Å². The maximum absolute atomic E-state index is 12.5. The van der Waals surface area contributed by atoms with E-state index in [1.54, 1.807) is 39.0 Å². The van der Waals surface area contributed by atoms with Crippen molar-refractivity contribution < 1.29 is 23.1 Å². The molecule has 0 saturated heterocycles. The van der Waals surface area contributed by atoms with E-state index < -0.39 is 21.7 Å². The average molecular weight is 344 g/mol. The van der Waals surface area contributed by atoms with Crippen LogP contribution in [0.25, 0.3) is 0 Å². The lowest BCUT2D eigenvalue weighted by molar-refractivity contribution is 0.0523. The fraction of sp³-hybridized carbons (Fsp3) is 0.533. The summed E-state index contributed by atoms with van der Waals surface area (Å²) in [5.74, 6) is 0. The van der Waals surface area contributed by atoms with E-state index in [-0.39, 0.29) is 24.6 Å². The number of alkyl carbamates (subject to hydrolysis) is 1. The summed E-state index contributed by atoms with van der Waals surface area (Å²) < 4.78 is 31.2. The van der Waals surface area contributed by atoms with Crippen LogP contribution in [0.3, 0.4) is 0 Å². The van der Waals surface area contributed by atoms with Crippen LogP contribution in [0.4, 0.5) is 4.79 Å². The topological polar surface area (TPSA) is 95.9 Å². The van der Waals surface area contributed by atoms with Crippen LogP contribution in [0.5, 0.6) is 0 Å². The maximum Gasteiger partial charge on any atom is 0.407 e. The summed E-state index contributed by atoms with van der Waals surface area (Å²) in [5, 5.41) is 11.5. The monoisotopic (exact) mass is 344 g/mol. The van der Waals surface area contributed by atoms with Crippen LogP contribution in [0, 0.1) is 0 Å². The molecule has 0 aromatic heterocycles. The van der Waals surface area contributed by atoms with Gasteiger partial charge >= 0.3 is 6.09 Å². The lowest BCUT2D eigenvalue weighted by Crippen LogP contribution is -2.33. The van der Waals surface area contributed by atoms with Crippen molar-refractivity contribution in [3.63, 3.8) is 0 Å². The summed E-state index contributed by atoms with van der Waals surface area (Å²) in [6, 6.07) is 6.39. The van der Waals surface area contributed by atoms with Gasteiger partial charge in [-0.15, -0.1) is 0 Å². The number of likely N-dealkylation sites (N-methyl/N-ethyl adjacent to an activating group) is 1. The van der Waals surface area contributed by atoms with Gasteiger partial charge in [-0.2, -0.15) is 4.31 Å². The van der Waals surface area contributed by atoms with Gasteiger partial charge < -0.3 is 15.2 Å². The molecule has 0 aliphatic heterocycles. The van der Waals surface area contributed by atoms with Gasteiger partial charge in [0.15, 0.2) is 0 Å². The minimum Gasteiger partial charge on any atom is -0.444 e. The first-order valence-electron chi connectivity index (χ1n) is 7.20. The normalized spacial score (nSPS) is 12.3. The lowest BCUT2D eigenvalue weighted by Gasteiger charge is -2.21. The first kappa shape index (κ1) is 19.4. The molecule has 0 aliphatic rings. The molecule has 23 heavy (non-hydrogen) atoms. The smallest absolute Gasteiger partial charge is 0.407 e. The Hall–Kier alpha value is -1.64. The van der Waals surface area contributed by atoms with Crippen LogP contribution in [-0.2, 0) is 21.3 Å². The number of sulfonamides is 1. The number of rotatable bonds is 6. The number of carbonyl (C=O) groups excluding carboxylic acids is 1. The third-order valence-electron chi connectivity index (χ3n) is 2.90. The van der Waals surface area contributed by atoms with Gasteiger partial charge in [0.25, 0.3) is 0 Å². The van der Waals surface area contributed by atoms with Crippen LogP contribution in [0.2, 0.25) is 0 Å². The number of amides is 1. The standard InChI is InChI=1S/C15H24N2O5S/c1-15(2,3)22-14(19)16-11-12-7-5-6-8-13(12)23(20,21)17(4)9-10-18/h5-8,18H,9-11H2,1-4H3,(H,16,19). The van der Waals surface area contributed by atoms with Crippen molar-refractivity contribution in [2.75, 3.05) is 20.2 Å². The molecule has 0 radical (unpaired) electrons. The number of aliphatic hydroxyl groups is 1. The van der Waals surface area contributed by atoms with Gasteiger partial charge in [-0.3, -0.25) is 0 Å². The van der Waals surface area contributed by atoms with Gasteiger partial charge in [-0.05, 0) is 32.4 Å². The second kappa shape index (κ2) is 7.76. The molecule has 0 unspecified atom stereocenters.